The lowest BCUT2D eigenvalue weighted by atomic mass is 10.4. The number of hydrogen-bond donors (Lipinski definition) is 3. The predicted molar refractivity (Wildman–Crippen MR) is 54.4 cm³/mol. The smallest absolute Gasteiger partial charge is 0.287 e. The van der Waals surface area contributed by atoms with Gasteiger partial charge in [-0.2, -0.15) is 0 Å². The average Bonchev–Trinajstić information content (AvgIpc) is 2.75. The van der Waals surface area contributed by atoms with Crippen LogP contribution in [0, 0.1) is 0 Å². The first kappa shape index (κ1) is 12.7. The Morgan fingerprint density at radius 2 is 2.19 bits per heavy atom. The van der Waals surface area contributed by atoms with Crippen molar-refractivity contribution in [2.24, 2.45) is 0 Å². The highest BCUT2D eigenvalue weighted by atomic mass is 32.2. The van der Waals surface area contributed by atoms with Crippen molar-refractivity contribution < 1.29 is 22.7 Å². The highest BCUT2D eigenvalue weighted by molar-refractivity contribution is 7.89. The van der Waals surface area contributed by atoms with Gasteiger partial charge in [0.2, 0.25) is 5.09 Å². The van der Waals surface area contributed by atoms with E-state index in [9.17, 15) is 13.2 Å². The monoisotopic (exact) mass is 248 g/mol. The summed E-state index contributed by atoms with van der Waals surface area (Å²) >= 11 is 0. The molecule has 1 amide bonds. The van der Waals surface area contributed by atoms with Crippen LogP contribution in [0.1, 0.15) is 10.6 Å². The van der Waals surface area contributed by atoms with Crippen molar-refractivity contribution >= 4 is 15.9 Å². The zero-order chi connectivity index (χ0) is 12.2. The maximum Gasteiger partial charge on any atom is 0.287 e. The Labute approximate surface area is 92.5 Å². The second-order valence-corrected chi connectivity index (χ2v) is 4.62. The van der Waals surface area contributed by atoms with E-state index in [1.807, 2.05) is 0 Å². The summed E-state index contributed by atoms with van der Waals surface area (Å²) in [5.74, 6) is -0.700. The number of rotatable bonds is 5. The first-order chi connectivity index (χ1) is 7.51. The van der Waals surface area contributed by atoms with Gasteiger partial charge in [-0.05, 0) is 19.2 Å². The van der Waals surface area contributed by atoms with Gasteiger partial charge in [-0.3, -0.25) is 4.79 Å². The Bertz CT molecular complexity index is 465. The molecule has 0 aromatic carbocycles. The van der Waals surface area contributed by atoms with Gasteiger partial charge in [-0.1, -0.05) is 0 Å². The van der Waals surface area contributed by atoms with Gasteiger partial charge in [0, 0.05) is 6.54 Å². The lowest BCUT2D eigenvalue weighted by molar-refractivity contribution is 0.0911. The third-order valence-electron chi connectivity index (χ3n) is 1.74. The maximum atomic E-state index is 11.3. The van der Waals surface area contributed by atoms with Crippen molar-refractivity contribution in [3.05, 3.63) is 17.9 Å². The molecular weight excluding hydrogens is 236 g/mol. The molecule has 3 N–H and O–H groups in total. The number of sulfonamides is 1. The second-order valence-electron chi connectivity index (χ2n) is 2.81. The van der Waals surface area contributed by atoms with Crippen LogP contribution in [0.25, 0.3) is 0 Å². The van der Waals surface area contributed by atoms with E-state index in [1.54, 1.807) is 0 Å². The third-order valence-corrected chi connectivity index (χ3v) is 3.02. The van der Waals surface area contributed by atoms with Gasteiger partial charge < -0.3 is 14.8 Å². The third kappa shape index (κ3) is 2.81. The molecular formula is C8H12N2O5S. The minimum atomic E-state index is -3.68. The summed E-state index contributed by atoms with van der Waals surface area (Å²) in [6.45, 7) is -0.123. The summed E-state index contributed by atoms with van der Waals surface area (Å²) in [5, 5.41) is 10.5. The number of aliphatic hydroxyl groups is 1. The molecule has 1 aromatic heterocycles. The van der Waals surface area contributed by atoms with Crippen molar-refractivity contribution in [3.63, 3.8) is 0 Å². The molecule has 0 atom stereocenters. The molecule has 0 aliphatic heterocycles. The van der Waals surface area contributed by atoms with E-state index in [0.29, 0.717) is 0 Å². The van der Waals surface area contributed by atoms with Crippen molar-refractivity contribution in [2.75, 3.05) is 20.2 Å². The Kier molecular flexibility index (Phi) is 4.05. The van der Waals surface area contributed by atoms with Gasteiger partial charge in [-0.15, -0.1) is 0 Å². The summed E-state index contributed by atoms with van der Waals surface area (Å²) < 4.78 is 29.5. The fourth-order valence-corrected chi connectivity index (χ4v) is 1.59. The van der Waals surface area contributed by atoms with Gasteiger partial charge in [0.15, 0.2) is 5.76 Å². The zero-order valence-electron chi connectivity index (χ0n) is 8.56. The molecule has 0 saturated heterocycles. The molecule has 0 bridgehead atoms. The van der Waals surface area contributed by atoms with Crippen LogP contribution in [0.5, 0.6) is 0 Å². The van der Waals surface area contributed by atoms with Crippen LogP contribution in [0.4, 0.5) is 0 Å². The largest absolute Gasteiger partial charge is 0.438 e. The maximum absolute atomic E-state index is 11.3. The molecule has 1 heterocycles. The number of nitrogens with one attached hydrogen (secondary N) is 2. The Balaban J connectivity index is 2.83. The lowest BCUT2D eigenvalue weighted by Gasteiger charge is -1.99. The first-order valence-corrected chi connectivity index (χ1v) is 5.92. The Morgan fingerprint density at radius 3 is 2.75 bits per heavy atom. The van der Waals surface area contributed by atoms with Gasteiger partial charge in [0.25, 0.3) is 15.9 Å². The summed E-state index contributed by atoms with van der Waals surface area (Å²) in [7, 11) is -2.44. The molecule has 16 heavy (non-hydrogen) atoms. The van der Waals surface area contributed by atoms with Crippen molar-refractivity contribution in [3.8, 4) is 0 Å². The molecule has 8 heteroatoms. The fourth-order valence-electron chi connectivity index (χ4n) is 0.944. The summed E-state index contributed by atoms with van der Waals surface area (Å²) in [5.41, 5.74) is 0. The SMILES string of the molecule is CNS(=O)(=O)c1ccc(C(=O)NCCO)o1. The van der Waals surface area contributed by atoms with Crippen LogP contribution < -0.4 is 10.0 Å². The quantitative estimate of drug-likeness (QED) is 0.613. The van der Waals surface area contributed by atoms with E-state index in [-0.39, 0.29) is 24.0 Å². The Hall–Kier alpha value is -1.38. The number of carbonyl (C=O) groups excluding carboxylic acids is 1. The molecule has 90 valence electrons. The van der Waals surface area contributed by atoms with Crippen LogP contribution >= 0.6 is 0 Å². The second kappa shape index (κ2) is 5.10. The highest BCUT2D eigenvalue weighted by Crippen LogP contribution is 2.12. The highest BCUT2D eigenvalue weighted by Gasteiger charge is 2.19. The summed E-state index contributed by atoms with van der Waals surface area (Å²) in [6.07, 6.45) is 0. The molecule has 1 rings (SSSR count). The molecule has 0 radical (unpaired) electrons. The Morgan fingerprint density at radius 1 is 1.50 bits per heavy atom. The number of hydrogen-bond acceptors (Lipinski definition) is 5. The molecule has 7 nitrogen and oxygen atoms in total. The van der Waals surface area contributed by atoms with E-state index >= 15 is 0 Å². The minimum Gasteiger partial charge on any atom is -0.438 e. The fraction of sp³-hybridized carbons (Fsp3) is 0.375. The number of aliphatic hydroxyl groups excluding tert-OH is 1. The van der Waals surface area contributed by atoms with Gasteiger partial charge in [-0.25, -0.2) is 13.1 Å². The van der Waals surface area contributed by atoms with Gasteiger partial charge >= 0.3 is 0 Å². The van der Waals surface area contributed by atoms with Gasteiger partial charge in [0.05, 0.1) is 6.61 Å². The molecule has 0 aliphatic carbocycles. The van der Waals surface area contributed by atoms with E-state index in [4.69, 9.17) is 9.52 Å². The van der Waals surface area contributed by atoms with Crippen LogP contribution in [-0.2, 0) is 10.0 Å². The number of amides is 1. The molecule has 0 aliphatic rings. The average molecular weight is 248 g/mol. The van der Waals surface area contributed by atoms with Crippen LogP contribution in [0.15, 0.2) is 21.6 Å². The molecule has 0 spiro atoms. The molecule has 0 saturated carbocycles. The summed E-state index contributed by atoms with van der Waals surface area (Å²) in [6, 6.07) is 2.43. The zero-order valence-corrected chi connectivity index (χ0v) is 9.37. The number of carbonyl (C=O) groups is 1. The van der Waals surface area contributed by atoms with Crippen LogP contribution in [0.3, 0.4) is 0 Å². The molecule has 0 unspecified atom stereocenters. The van der Waals surface area contributed by atoms with Crippen molar-refractivity contribution in [2.45, 2.75) is 5.09 Å². The standard InChI is InChI=1S/C8H12N2O5S/c1-9-16(13,14)7-3-2-6(15-7)8(12)10-4-5-11/h2-3,9,11H,4-5H2,1H3,(H,10,12). The topological polar surface area (TPSA) is 109 Å². The van der Waals surface area contributed by atoms with Crippen molar-refractivity contribution in [1.82, 2.24) is 10.0 Å². The molecule has 1 aromatic rings. The van der Waals surface area contributed by atoms with E-state index in [1.165, 1.54) is 19.2 Å². The summed E-state index contributed by atoms with van der Waals surface area (Å²) in [4.78, 5) is 11.3. The van der Waals surface area contributed by atoms with Crippen LogP contribution in [0.2, 0.25) is 0 Å². The minimum absolute atomic E-state index is 0.0770. The van der Waals surface area contributed by atoms with Crippen LogP contribution in [-0.4, -0.2) is 39.6 Å². The number of furan rings is 1. The normalized spacial score (nSPS) is 11.4. The predicted octanol–water partition coefficient (Wildman–Crippen LogP) is -1.09. The van der Waals surface area contributed by atoms with Crippen molar-refractivity contribution in [1.29, 1.82) is 0 Å². The van der Waals surface area contributed by atoms with E-state index in [2.05, 4.69) is 10.0 Å². The van der Waals surface area contributed by atoms with E-state index < -0.39 is 15.9 Å². The lowest BCUT2D eigenvalue weighted by Crippen LogP contribution is -2.26. The van der Waals surface area contributed by atoms with E-state index in [0.717, 1.165) is 0 Å². The molecule has 0 fully saturated rings. The first-order valence-electron chi connectivity index (χ1n) is 4.43. The van der Waals surface area contributed by atoms with Gasteiger partial charge in [0.1, 0.15) is 0 Å².